The van der Waals surface area contributed by atoms with E-state index < -0.39 is 0 Å². The normalized spacial score (nSPS) is 20.7. The van der Waals surface area contributed by atoms with Crippen LogP contribution in [0, 0.1) is 0 Å². The molecule has 13 heavy (non-hydrogen) atoms. The number of rotatable bonds is 1. The lowest BCUT2D eigenvalue weighted by Crippen LogP contribution is -2.42. The number of benzene rings is 1. The second kappa shape index (κ2) is 3.38. The van der Waals surface area contributed by atoms with E-state index in [1.54, 1.807) is 0 Å². The summed E-state index contributed by atoms with van der Waals surface area (Å²) in [5, 5.41) is 2.85. The van der Waals surface area contributed by atoms with Gasteiger partial charge in [-0.3, -0.25) is 4.79 Å². The highest BCUT2D eigenvalue weighted by atomic mass is 35.5. The van der Waals surface area contributed by atoms with Crippen molar-refractivity contribution < 1.29 is 4.79 Å². The lowest BCUT2D eigenvalue weighted by Gasteiger charge is -2.23. The quantitative estimate of drug-likeness (QED) is 0.678. The van der Waals surface area contributed by atoms with Gasteiger partial charge in [0.15, 0.2) is 0 Å². The summed E-state index contributed by atoms with van der Waals surface area (Å²) in [6.45, 7) is 0. The summed E-state index contributed by atoms with van der Waals surface area (Å²) in [7, 11) is 0. The molecule has 0 saturated carbocycles. The molecule has 3 heteroatoms. The first kappa shape index (κ1) is 8.57. The zero-order chi connectivity index (χ0) is 9.26. The fourth-order valence-corrected chi connectivity index (χ4v) is 1.78. The van der Waals surface area contributed by atoms with Crippen LogP contribution in [0.3, 0.4) is 0 Å². The van der Waals surface area contributed by atoms with E-state index in [-0.39, 0.29) is 11.9 Å². The third kappa shape index (κ3) is 1.54. The second-order valence-electron chi connectivity index (χ2n) is 3.19. The van der Waals surface area contributed by atoms with E-state index >= 15 is 0 Å². The molecule has 0 aromatic heterocycles. The molecule has 0 spiro atoms. The molecule has 0 fully saturated rings. The first-order valence-corrected chi connectivity index (χ1v) is 4.79. The fourth-order valence-electron chi connectivity index (χ4n) is 1.59. The van der Waals surface area contributed by atoms with Crippen LogP contribution in [0.2, 0.25) is 0 Å². The van der Waals surface area contributed by atoms with Crippen LogP contribution in [-0.2, 0) is 6.42 Å². The van der Waals surface area contributed by atoms with Gasteiger partial charge in [-0.15, -0.1) is 11.6 Å². The van der Waals surface area contributed by atoms with E-state index in [9.17, 15) is 4.79 Å². The molecule has 2 nitrogen and oxygen atoms in total. The number of carbonyl (C=O) groups is 1. The summed E-state index contributed by atoms with van der Waals surface area (Å²) in [5.41, 5.74) is 1.88. The number of alkyl halides is 1. The van der Waals surface area contributed by atoms with Gasteiger partial charge < -0.3 is 5.32 Å². The van der Waals surface area contributed by atoms with E-state index in [0.29, 0.717) is 5.88 Å². The van der Waals surface area contributed by atoms with Crippen LogP contribution in [0.4, 0.5) is 0 Å². The molecule has 1 aromatic carbocycles. The molecule has 0 unspecified atom stereocenters. The van der Waals surface area contributed by atoms with Gasteiger partial charge in [0.05, 0.1) is 0 Å². The number of nitrogens with one attached hydrogen (secondary N) is 1. The second-order valence-corrected chi connectivity index (χ2v) is 3.49. The molecule has 0 aliphatic carbocycles. The molecule has 1 N–H and O–H groups in total. The zero-order valence-electron chi connectivity index (χ0n) is 7.09. The van der Waals surface area contributed by atoms with E-state index in [4.69, 9.17) is 11.6 Å². The maximum atomic E-state index is 11.5. The van der Waals surface area contributed by atoms with Crippen molar-refractivity contribution in [3.63, 3.8) is 0 Å². The average Bonchev–Trinajstić information content (AvgIpc) is 2.18. The van der Waals surface area contributed by atoms with Gasteiger partial charge >= 0.3 is 0 Å². The number of fused-ring (bicyclic) bond motifs is 1. The molecule has 0 bridgehead atoms. The Balaban J connectivity index is 2.37. The Hall–Kier alpha value is -1.02. The van der Waals surface area contributed by atoms with Crippen molar-refractivity contribution in [2.24, 2.45) is 0 Å². The van der Waals surface area contributed by atoms with Gasteiger partial charge in [0.2, 0.25) is 0 Å². The van der Waals surface area contributed by atoms with Crippen LogP contribution in [0.15, 0.2) is 24.3 Å². The Morgan fingerprint density at radius 1 is 1.46 bits per heavy atom. The van der Waals surface area contributed by atoms with Crippen LogP contribution >= 0.6 is 11.6 Å². The third-order valence-electron chi connectivity index (χ3n) is 2.25. The molecular weight excluding hydrogens is 186 g/mol. The minimum absolute atomic E-state index is 0.00694. The third-order valence-corrected chi connectivity index (χ3v) is 2.62. The Bertz CT molecular complexity index is 337. The molecule has 1 aliphatic rings. The van der Waals surface area contributed by atoms with Gasteiger partial charge in [0.25, 0.3) is 5.91 Å². The highest BCUT2D eigenvalue weighted by molar-refractivity contribution is 6.18. The Morgan fingerprint density at radius 2 is 2.23 bits per heavy atom. The smallest absolute Gasteiger partial charge is 0.251 e. The highest BCUT2D eigenvalue weighted by Gasteiger charge is 2.22. The predicted octanol–water partition coefficient (Wildman–Crippen LogP) is 1.58. The molecule has 1 atom stereocenters. The van der Waals surface area contributed by atoms with Crippen molar-refractivity contribution >= 4 is 17.5 Å². The van der Waals surface area contributed by atoms with Crippen molar-refractivity contribution in [3.05, 3.63) is 35.4 Å². The first-order chi connectivity index (χ1) is 6.31. The standard InChI is InChI=1S/C10H10ClNO/c11-6-8-5-7-3-1-2-4-9(7)10(13)12-8/h1-4,8H,5-6H2,(H,12,13)/t8-/m0/s1. The van der Waals surface area contributed by atoms with Crippen LogP contribution in [0.5, 0.6) is 0 Å². The summed E-state index contributed by atoms with van der Waals surface area (Å²) in [4.78, 5) is 11.5. The maximum absolute atomic E-state index is 11.5. The van der Waals surface area contributed by atoms with Crippen LogP contribution in [-0.4, -0.2) is 17.8 Å². The summed E-state index contributed by atoms with van der Waals surface area (Å²) in [6, 6.07) is 7.73. The lowest BCUT2D eigenvalue weighted by atomic mass is 9.96. The van der Waals surface area contributed by atoms with Crippen molar-refractivity contribution in [1.29, 1.82) is 0 Å². The average molecular weight is 196 g/mol. The van der Waals surface area contributed by atoms with Gasteiger partial charge in [-0.05, 0) is 18.1 Å². The number of hydrogen-bond donors (Lipinski definition) is 1. The van der Waals surface area contributed by atoms with Crippen LogP contribution in [0.25, 0.3) is 0 Å². The minimum atomic E-state index is -0.00694. The molecule has 0 radical (unpaired) electrons. The van der Waals surface area contributed by atoms with Crippen molar-refractivity contribution in [1.82, 2.24) is 5.32 Å². The highest BCUT2D eigenvalue weighted by Crippen LogP contribution is 2.16. The van der Waals surface area contributed by atoms with Crippen molar-refractivity contribution in [3.8, 4) is 0 Å². The number of amides is 1. The van der Waals surface area contributed by atoms with E-state index in [1.165, 1.54) is 0 Å². The molecule has 1 heterocycles. The summed E-state index contributed by atoms with van der Waals surface area (Å²) >= 11 is 5.70. The van der Waals surface area contributed by atoms with E-state index in [1.807, 2.05) is 24.3 Å². The maximum Gasteiger partial charge on any atom is 0.251 e. The molecule has 68 valence electrons. The topological polar surface area (TPSA) is 29.1 Å². The summed E-state index contributed by atoms with van der Waals surface area (Å²) in [6.07, 6.45) is 0.839. The lowest BCUT2D eigenvalue weighted by molar-refractivity contribution is 0.0930. The van der Waals surface area contributed by atoms with Crippen LogP contribution in [0.1, 0.15) is 15.9 Å². The monoisotopic (exact) mass is 195 g/mol. The Kier molecular flexibility index (Phi) is 2.23. The predicted molar refractivity (Wildman–Crippen MR) is 52.1 cm³/mol. The summed E-state index contributed by atoms with van der Waals surface area (Å²) in [5.74, 6) is 0.465. The fraction of sp³-hybridized carbons (Fsp3) is 0.300. The Morgan fingerprint density at radius 3 is 3.00 bits per heavy atom. The SMILES string of the molecule is O=C1N[C@H](CCl)Cc2ccccc21. The van der Waals surface area contributed by atoms with Gasteiger partial charge in [-0.2, -0.15) is 0 Å². The molecular formula is C10H10ClNO. The number of hydrogen-bond acceptors (Lipinski definition) is 1. The molecule has 1 aliphatic heterocycles. The van der Waals surface area contributed by atoms with Gasteiger partial charge in [-0.1, -0.05) is 18.2 Å². The number of carbonyl (C=O) groups excluding carboxylic acids is 1. The van der Waals surface area contributed by atoms with E-state index in [2.05, 4.69) is 5.32 Å². The minimum Gasteiger partial charge on any atom is -0.348 e. The first-order valence-electron chi connectivity index (χ1n) is 4.26. The largest absolute Gasteiger partial charge is 0.348 e. The molecule has 2 rings (SSSR count). The molecule has 1 aromatic rings. The van der Waals surface area contributed by atoms with Gasteiger partial charge in [-0.25, -0.2) is 0 Å². The van der Waals surface area contributed by atoms with Crippen molar-refractivity contribution in [2.45, 2.75) is 12.5 Å². The Labute approximate surface area is 81.9 Å². The van der Waals surface area contributed by atoms with Crippen molar-refractivity contribution in [2.75, 3.05) is 5.88 Å². The summed E-state index contributed by atoms with van der Waals surface area (Å²) < 4.78 is 0. The molecule has 1 amide bonds. The number of halogens is 1. The van der Waals surface area contributed by atoms with Gasteiger partial charge in [0.1, 0.15) is 0 Å². The zero-order valence-corrected chi connectivity index (χ0v) is 7.84. The van der Waals surface area contributed by atoms with Crippen LogP contribution < -0.4 is 5.32 Å². The van der Waals surface area contributed by atoms with Gasteiger partial charge in [0, 0.05) is 17.5 Å². The molecule has 0 saturated heterocycles. The van der Waals surface area contributed by atoms with E-state index in [0.717, 1.165) is 17.5 Å².